The molecule has 127 heavy (non-hydrogen) atoms. The lowest BCUT2D eigenvalue weighted by Gasteiger charge is -2.35. The molecule has 738 valence electrons. The van der Waals surface area contributed by atoms with Gasteiger partial charge in [0, 0.05) is 117 Å². The molecule has 6 rings (SSSR count). The van der Waals surface area contributed by atoms with Crippen molar-refractivity contribution in [3.63, 3.8) is 0 Å². The first-order valence-corrected chi connectivity index (χ1v) is 50.8. The van der Waals surface area contributed by atoms with E-state index >= 15 is 0 Å². The van der Waals surface area contributed by atoms with Crippen LogP contribution >= 0.6 is 0 Å². The van der Waals surface area contributed by atoms with Crippen molar-refractivity contribution in [3.05, 3.63) is 0 Å². The molecule has 0 aliphatic carbocycles. The van der Waals surface area contributed by atoms with E-state index in [2.05, 4.69) is 104 Å². The van der Waals surface area contributed by atoms with E-state index in [1.165, 1.54) is 87.2 Å². The topological polar surface area (TPSA) is 271 Å². The monoisotopic (exact) mass is 1800 g/mol. The van der Waals surface area contributed by atoms with Gasteiger partial charge in [-0.25, -0.2) is 28.8 Å². The Labute approximate surface area is 772 Å². The number of rotatable bonds is 61. The normalized spacial score (nSPS) is 16.2. The minimum absolute atomic E-state index is 0.0410. The van der Waals surface area contributed by atoms with Crippen molar-refractivity contribution in [1.82, 2.24) is 58.8 Å². The summed E-state index contributed by atoms with van der Waals surface area (Å²) in [4.78, 5) is 162. The summed E-state index contributed by atoms with van der Waals surface area (Å²) in [6, 6.07) is -0.708. The number of amides is 18. The second-order valence-corrected chi connectivity index (χ2v) is 37.2. The van der Waals surface area contributed by atoms with Gasteiger partial charge in [0.1, 0.15) is 39.3 Å². The second-order valence-electron chi connectivity index (χ2n) is 37.2. The van der Waals surface area contributed by atoms with Crippen molar-refractivity contribution < 1.29 is 71.7 Å². The zero-order chi connectivity index (χ0) is 96.0. The van der Waals surface area contributed by atoms with Crippen molar-refractivity contribution in [2.75, 3.05) is 151 Å². The molecule has 6 aliphatic rings. The average Bonchev–Trinajstić information content (AvgIpc) is 1.65. The zero-order valence-corrected chi connectivity index (χ0v) is 85.5. The highest BCUT2D eigenvalue weighted by Crippen LogP contribution is 2.41. The van der Waals surface area contributed by atoms with E-state index in [4.69, 9.17) is 14.2 Å². The van der Waals surface area contributed by atoms with Crippen LogP contribution in [0.1, 0.15) is 391 Å². The number of hydrogen-bond acceptors (Lipinski definition) is 15. The molecular weight excluding hydrogens is 1610 g/mol. The standard InChI is InChI=1S/C22H42N2O3.2C21H40N2O3.C13H24N2O2.C12H22N2O2.C11H20N2O2/c1-5-9-11-17-27-18-12-10-14-22(6-2,7-3)15-13-16-24-20(25)19-23(8-4)21(24)26;2*1-5-9-11-16-26-17-12-10-13-21(6-2,7-3)14-15-23-19(24)18-22(8-4)20(23)25;1-5-13(4,6-2)8-9-15-11(16)10-14(7-3)12(15)17;1-5-12(4,6-2)9-14-10(15)8-13(7-3)11(14)16;1-5-11(4,6-2)13-9(14)8-12(7-3)10(13)15/h5-19H2,1-4H3;2*5-18H2,1-4H3;5-10H2,1-4H3;5-9H2,1-4H3;5-8H2,1-4H3. The highest BCUT2D eigenvalue weighted by Gasteiger charge is 2.46. The van der Waals surface area contributed by atoms with Crippen molar-refractivity contribution in [2.24, 2.45) is 27.1 Å². The molecule has 0 radical (unpaired) electrons. The van der Waals surface area contributed by atoms with Crippen LogP contribution < -0.4 is 0 Å². The number of carbonyl (C=O) groups is 12. The summed E-state index contributed by atoms with van der Waals surface area (Å²) in [5.41, 5.74) is 0.747. The third kappa shape index (κ3) is 38.7. The van der Waals surface area contributed by atoms with Crippen LogP contribution in [0.5, 0.6) is 0 Å². The molecule has 0 atom stereocenters. The van der Waals surface area contributed by atoms with Gasteiger partial charge in [-0.1, -0.05) is 227 Å². The molecule has 27 heteroatoms. The number of nitrogens with zero attached hydrogens (tertiary/aromatic N) is 12. The molecular formula is C100H188N12O15. The van der Waals surface area contributed by atoms with Crippen molar-refractivity contribution >= 4 is 71.6 Å². The third-order valence-corrected chi connectivity index (χ3v) is 29.7. The van der Waals surface area contributed by atoms with Crippen LogP contribution in [-0.2, 0) is 43.0 Å². The Morgan fingerprint density at radius 3 is 0.717 bits per heavy atom. The quantitative estimate of drug-likeness (QED) is 0.0404. The van der Waals surface area contributed by atoms with Gasteiger partial charge in [-0.15, -0.1) is 0 Å². The van der Waals surface area contributed by atoms with Crippen molar-refractivity contribution in [3.8, 4) is 0 Å². The summed E-state index contributed by atoms with van der Waals surface area (Å²) in [5, 5.41) is 0. The van der Waals surface area contributed by atoms with Crippen LogP contribution in [0.15, 0.2) is 0 Å². The zero-order valence-electron chi connectivity index (χ0n) is 85.5. The van der Waals surface area contributed by atoms with Gasteiger partial charge < -0.3 is 43.6 Å². The van der Waals surface area contributed by atoms with Gasteiger partial charge in [0.05, 0.1) is 0 Å². The first-order valence-electron chi connectivity index (χ1n) is 50.8. The van der Waals surface area contributed by atoms with Crippen LogP contribution in [0.3, 0.4) is 0 Å². The summed E-state index contributed by atoms with van der Waals surface area (Å²) in [7, 11) is 0. The summed E-state index contributed by atoms with van der Waals surface area (Å²) >= 11 is 0. The maximum absolute atomic E-state index is 12.3. The second kappa shape index (κ2) is 63.6. The van der Waals surface area contributed by atoms with E-state index in [0.717, 1.165) is 207 Å². The molecule has 27 nitrogen and oxygen atoms in total. The van der Waals surface area contributed by atoms with Crippen LogP contribution in [-0.4, -0.2) is 287 Å². The molecule has 0 aromatic carbocycles. The molecule has 6 heterocycles. The Morgan fingerprint density at radius 2 is 0.465 bits per heavy atom. The number of unbranched alkanes of at least 4 members (excludes halogenated alkanes) is 9. The molecule has 6 saturated heterocycles. The van der Waals surface area contributed by atoms with Crippen molar-refractivity contribution in [1.29, 1.82) is 0 Å². The summed E-state index contributed by atoms with van der Waals surface area (Å²) < 4.78 is 17.1. The van der Waals surface area contributed by atoms with Gasteiger partial charge in [-0.3, -0.25) is 58.2 Å². The smallest absolute Gasteiger partial charge is 0.327 e. The molecule has 0 aromatic heterocycles. The van der Waals surface area contributed by atoms with E-state index in [0.29, 0.717) is 77.4 Å². The van der Waals surface area contributed by atoms with E-state index in [-0.39, 0.29) is 138 Å². The lowest BCUT2D eigenvalue weighted by molar-refractivity contribution is -0.130. The average molecular weight is 1800 g/mol. The van der Waals surface area contributed by atoms with Gasteiger partial charge in [0.15, 0.2) is 0 Å². The highest BCUT2D eigenvalue weighted by molar-refractivity contribution is 6.05. The predicted octanol–water partition coefficient (Wildman–Crippen LogP) is 21.4. The number of imide groups is 6. The summed E-state index contributed by atoms with van der Waals surface area (Å²) in [6.45, 7) is 63.6. The first-order chi connectivity index (χ1) is 60.5. The molecule has 0 unspecified atom stereocenters. The maximum Gasteiger partial charge on any atom is 0.327 e. The van der Waals surface area contributed by atoms with Gasteiger partial charge in [-0.05, 0) is 191 Å². The molecule has 0 saturated carbocycles. The van der Waals surface area contributed by atoms with Crippen LogP contribution in [0, 0.1) is 27.1 Å². The lowest BCUT2D eigenvalue weighted by atomic mass is 9.74. The van der Waals surface area contributed by atoms with E-state index in [1.54, 1.807) is 29.4 Å². The molecule has 0 spiro atoms. The number of urea groups is 6. The number of ether oxygens (including phenoxy) is 3. The van der Waals surface area contributed by atoms with Gasteiger partial charge in [-0.2, -0.15) is 0 Å². The highest BCUT2D eigenvalue weighted by atomic mass is 16.5. The fourth-order valence-corrected chi connectivity index (χ4v) is 17.3. The van der Waals surface area contributed by atoms with Crippen LogP contribution in [0.4, 0.5) is 28.8 Å². The minimum Gasteiger partial charge on any atom is -0.381 e. The van der Waals surface area contributed by atoms with E-state index < -0.39 is 0 Å². The number of hydrogen-bond donors (Lipinski definition) is 0. The Kier molecular flexibility index (Phi) is 59.3. The minimum atomic E-state index is -0.321. The number of carbonyl (C=O) groups excluding carboxylic acids is 12. The molecule has 18 amide bonds. The Bertz CT molecular complexity index is 3110. The van der Waals surface area contributed by atoms with E-state index in [9.17, 15) is 57.5 Å². The SMILES string of the molecule is CCCCCOCCCCC(CC)(CC)CCCN1C(=O)CN(CC)C1=O.CCCCCOCCCCC(CC)(CC)CCN1C(=O)CN(CC)C1=O.CCCCCOCCCCC(CC)(CC)CCN1C(=O)CN(CC)C1=O.CCN1CC(=O)N(C(C)(CC)CC)C1=O.CCN1CC(=O)N(CC(C)(CC)CC)C1=O.CCN1CC(=O)N(CCC(C)(CC)CC)C1=O. The van der Waals surface area contributed by atoms with Crippen molar-refractivity contribution in [2.45, 2.75) is 396 Å². The molecule has 6 fully saturated rings. The van der Waals surface area contributed by atoms with Crippen LogP contribution in [0.25, 0.3) is 0 Å². The fourth-order valence-electron chi connectivity index (χ4n) is 17.3. The Morgan fingerprint density at radius 1 is 0.228 bits per heavy atom. The summed E-state index contributed by atoms with van der Waals surface area (Å²) in [6.07, 6.45) is 38.4. The molecule has 0 bridgehead atoms. The van der Waals surface area contributed by atoms with Gasteiger partial charge in [0.25, 0.3) is 5.91 Å². The Balaban J connectivity index is 0.000000773. The largest absolute Gasteiger partial charge is 0.381 e. The molecule has 6 aliphatic heterocycles. The van der Waals surface area contributed by atoms with Gasteiger partial charge >= 0.3 is 36.2 Å². The summed E-state index contributed by atoms with van der Waals surface area (Å²) in [5.74, 6) is -0.294. The number of likely N-dealkylation sites (N-methyl/N-ethyl adjacent to an activating group) is 6. The maximum atomic E-state index is 12.3. The fraction of sp³-hybridized carbons (Fsp3) is 0.880. The van der Waals surface area contributed by atoms with Gasteiger partial charge in [0.2, 0.25) is 29.5 Å². The van der Waals surface area contributed by atoms with Crippen LogP contribution in [0.2, 0.25) is 0 Å². The third-order valence-electron chi connectivity index (χ3n) is 29.7. The Hall–Kier alpha value is -6.48. The molecule has 0 N–H and O–H groups in total. The van der Waals surface area contributed by atoms with E-state index in [1.807, 2.05) is 62.3 Å². The predicted molar refractivity (Wildman–Crippen MR) is 512 cm³/mol. The lowest BCUT2D eigenvalue weighted by Crippen LogP contribution is -2.49. The molecule has 0 aromatic rings. The first kappa shape index (κ1) is 119.